The number of nitrogens with one attached hydrogen (secondary N) is 3. The van der Waals surface area contributed by atoms with Gasteiger partial charge in [0, 0.05) is 19.9 Å². The van der Waals surface area contributed by atoms with Gasteiger partial charge in [-0.25, -0.2) is 4.79 Å². The average Bonchev–Trinajstić information content (AvgIpc) is 3.16. The zero-order chi connectivity index (χ0) is 22.8. The maximum Gasteiger partial charge on any atom is 0.326 e. The van der Waals surface area contributed by atoms with E-state index in [9.17, 15) is 33.9 Å². The molecule has 5 amide bonds. The minimum atomic E-state index is -1.35. The highest BCUT2D eigenvalue weighted by Crippen LogP contribution is 2.18. The minimum Gasteiger partial charge on any atom is -0.480 e. The van der Waals surface area contributed by atoms with Gasteiger partial charge < -0.3 is 36.8 Å². The molecule has 30 heavy (non-hydrogen) atoms. The van der Waals surface area contributed by atoms with Crippen molar-refractivity contribution in [2.24, 2.45) is 5.73 Å². The fourth-order valence-electron chi connectivity index (χ4n) is 3.01. The summed E-state index contributed by atoms with van der Waals surface area (Å²) >= 11 is 0. The van der Waals surface area contributed by atoms with Gasteiger partial charge in [-0.3, -0.25) is 24.0 Å². The molecule has 13 nitrogen and oxygen atoms in total. The predicted molar refractivity (Wildman–Crippen MR) is 100 cm³/mol. The first-order valence-electron chi connectivity index (χ1n) is 9.33. The molecule has 0 aliphatic carbocycles. The van der Waals surface area contributed by atoms with Crippen LogP contribution in [0.5, 0.6) is 0 Å². The lowest BCUT2D eigenvalue weighted by Gasteiger charge is -2.27. The lowest BCUT2D eigenvalue weighted by Crippen LogP contribution is -2.55. The number of nitrogens with two attached hydrogens (primary N) is 1. The Bertz CT molecular complexity index is 698. The first-order chi connectivity index (χ1) is 14.1. The van der Waals surface area contributed by atoms with Crippen molar-refractivity contribution in [3.05, 3.63) is 0 Å². The molecule has 0 unspecified atom stereocenters. The summed E-state index contributed by atoms with van der Waals surface area (Å²) in [5, 5.41) is 25.2. The van der Waals surface area contributed by atoms with E-state index in [2.05, 4.69) is 16.0 Å². The number of carboxylic acids is 1. The second-order valence-electron chi connectivity index (χ2n) is 6.81. The predicted octanol–water partition coefficient (Wildman–Crippen LogP) is -3.57. The molecule has 1 aliphatic heterocycles. The number of hydrogen-bond donors (Lipinski definition) is 6. The molecule has 3 atom stereocenters. The highest BCUT2D eigenvalue weighted by atomic mass is 16.4. The summed E-state index contributed by atoms with van der Waals surface area (Å²) in [5.41, 5.74) is 4.96. The summed E-state index contributed by atoms with van der Waals surface area (Å²) in [6.07, 6.45) is 0.417. The van der Waals surface area contributed by atoms with Crippen molar-refractivity contribution in [1.82, 2.24) is 20.9 Å². The van der Waals surface area contributed by atoms with Crippen LogP contribution in [0.15, 0.2) is 0 Å². The fraction of sp³-hybridized carbons (Fsp3) is 0.647. The molecule has 1 fully saturated rings. The number of nitrogens with zero attached hydrogens (tertiary/aromatic N) is 1. The maximum absolute atomic E-state index is 12.5. The summed E-state index contributed by atoms with van der Waals surface area (Å²) in [6, 6.07) is -3.41. The van der Waals surface area contributed by atoms with Crippen LogP contribution in [0, 0.1) is 0 Å². The molecule has 1 heterocycles. The van der Waals surface area contributed by atoms with Gasteiger partial charge in [0.2, 0.25) is 29.5 Å². The van der Waals surface area contributed by atoms with Crippen molar-refractivity contribution >= 4 is 35.5 Å². The van der Waals surface area contributed by atoms with E-state index in [1.165, 1.54) is 11.8 Å². The van der Waals surface area contributed by atoms with Crippen molar-refractivity contribution in [1.29, 1.82) is 0 Å². The Morgan fingerprint density at radius 1 is 1.13 bits per heavy atom. The molecule has 1 saturated heterocycles. The Kier molecular flexibility index (Phi) is 9.68. The molecular formula is C17H27N5O8. The van der Waals surface area contributed by atoms with Gasteiger partial charge in [0.15, 0.2) is 0 Å². The van der Waals surface area contributed by atoms with E-state index in [1.54, 1.807) is 0 Å². The number of primary amides is 1. The first kappa shape index (κ1) is 24.8. The van der Waals surface area contributed by atoms with Gasteiger partial charge in [0.1, 0.15) is 18.1 Å². The first-order valence-corrected chi connectivity index (χ1v) is 9.33. The van der Waals surface area contributed by atoms with Crippen molar-refractivity contribution < 1.29 is 39.0 Å². The van der Waals surface area contributed by atoms with Gasteiger partial charge >= 0.3 is 5.97 Å². The standard InChI is InChI=1S/C17H27N5O8/c1-9(24)20-11(8-23)16(28)22-6-2-3-12(22)15(27)19-7-14(26)21-10(17(29)30)4-5-13(18)25/h10-12,23H,2-8H2,1H3,(H2,18,25)(H,19,27)(H,20,24)(H,21,26)(H,29,30)/t10-,11-,12-/m0/s1. The largest absolute Gasteiger partial charge is 0.480 e. The number of amides is 5. The number of carboxylic acid groups (broad SMARTS) is 1. The normalized spacial score (nSPS) is 17.5. The van der Waals surface area contributed by atoms with Crippen LogP contribution in [-0.2, 0) is 28.8 Å². The van der Waals surface area contributed by atoms with Crippen LogP contribution in [0.4, 0.5) is 0 Å². The molecule has 13 heteroatoms. The van der Waals surface area contributed by atoms with Gasteiger partial charge in [-0.15, -0.1) is 0 Å². The van der Waals surface area contributed by atoms with Crippen LogP contribution in [0.1, 0.15) is 32.6 Å². The van der Waals surface area contributed by atoms with Crippen LogP contribution in [0.25, 0.3) is 0 Å². The summed E-state index contributed by atoms with van der Waals surface area (Å²) in [6.45, 7) is 0.268. The summed E-state index contributed by atoms with van der Waals surface area (Å²) < 4.78 is 0. The van der Waals surface area contributed by atoms with Crippen LogP contribution in [0.2, 0.25) is 0 Å². The molecule has 168 valence electrons. The molecule has 1 rings (SSSR count). The van der Waals surface area contributed by atoms with Gasteiger partial charge in [-0.1, -0.05) is 0 Å². The smallest absolute Gasteiger partial charge is 0.326 e. The second-order valence-corrected chi connectivity index (χ2v) is 6.81. The fourth-order valence-corrected chi connectivity index (χ4v) is 3.01. The van der Waals surface area contributed by atoms with E-state index in [-0.39, 0.29) is 19.4 Å². The van der Waals surface area contributed by atoms with Gasteiger partial charge in [-0.2, -0.15) is 0 Å². The van der Waals surface area contributed by atoms with Crippen LogP contribution in [-0.4, -0.2) is 88.4 Å². The van der Waals surface area contributed by atoms with E-state index < -0.39 is 66.8 Å². The number of aliphatic carboxylic acids is 1. The zero-order valence-corrected chi connectivity index (χ0v) is 16.6. The van der Waals surface area contributed by atoms with Crippen LogP contribution < -0.4 is 21.7 Å². The number of carbonyl (C=O) groups excluding carboxylic acids is 5. The molecule has 0 spiro atoms. The molecule has 0 saturated carbocycles. The number of hydrogen-bond acceptors (Lipinski definition) is 7. The third-order valence-corrected chi connectivity index (χ3v) is 4.43. The van der Waals surface area contributed by atoms with Crippen molar-refractivity contribution in [2.75, 3.05) is 19.7 Å². The summed E-state index contributed by atoms with van der Waals surface area (Å²) in [5.74, 6) is -4.61. The topological polar surface area (TPSA) is 208 Å². The van der Waals surface area contributed by atoms with E-state index in [0.29, 0.717) is 12.8 Å². The lowest BCUT2D eigenvalue weighted by atomic mass is 10.1. The van der Waals surface area contributed by atoms with E-state index in [1.807, 2.05) is 0 Å². The van der Waals surface area contributed by atoms with E-state index in [0.717, 1.165) is 0 Å². The Labute approximate surface area is 172 Å². The van der Waals surface area contributed by atoms with Crippen molar-refractivity contribution in [3.63, 3.8) is 0 Å². The SMILES string of the molecule is CC(=O)N[C@@H](CO)C(=O)N1CCC[C@H]1C(=O)NCC(=O)N[C@@H](CCC(N)=O)C(=O)O. The van der Waals surface area contributed by atoms with Crippen LogP contribution >= 0.6 is 0 Å². The van der Waals surface area contributed by atoms with E-state index in [4.69, 9.17) is 10.8 Å². The summed E-state index contributed by atoms with van der Waals surface area (Å²) in [4.78, 5) is 71.2. The number of aliphatic hydroxyl groups excluding tert-OH is 1. The molecule has 1 aliphatic rings. The van der Waals surface area contributed by atoms with Crippen LogP contribution in [0.3, 0.4) is 0 Å². The molecule has 7 N–H and O–H groups in total. The number of carbonyl (C=O) groups is 6. The van der Waals surface area contributed by atoms with Gasteiger partial charge in [0.25, 0.3) is 0 Å². The third-order valence-electron chi connectivity index (χ3n) is 4.43. The second kappa shape index (κ2) is 11.7. The monoisotopic (exact) mass is 429 g/mol. The summed E-state index contributed by atoms with van der Waals surface area (Å²) in [7, 11) is 0. The molecule has 0 radical (unpaired) electrons. The third kappa shape index (κ3) is 7.66. The highest BCUT2D eigenvalue weighted by Gasteiger charge is 2.37. The minimum absolute atomic E-state index is 0.193. The lowest BCUT2D eigenvalue weighted by molar-refractivity contribution is -0.143. The van der Waals surface area contributed by atoms with Crippen molar-refractivity contribution in [2.45, 2.75) is 50.7 Å². The number of rotatable bonds is 11. The highest BCUT2D eigenvalue weighted by molar-refractivity contribution is 5.94. The number of aliphatic hydroxyl groups is 1. The van der Waals surface area contributed by atoms with Gasteiger partial charge in [-0.05, 0) is 19.3 Å². The van der Waals surface area contributed by atoms with Gasteiger partial charge in [0.05, 0.1) is 13.2 Å². The Morgan fingerprint density at radius 3 is 2.33 bits per heavy atom. The van der Waals surface area contributed by atoms with E-state index >= 15 is 0 Å². The average molecular weight is 429 g/mol. The molecule has 0 aromatic carbocycles. The number of likely N-dealkylation sites (tertiary alicyclic amines) is 1. The Hall–Kier alpha value is -3.22. The van der Waals surface area contributed by atoms with Crippen molar-refractivity contribution in [3.8, 4) is 0 Å². The Balaban J connectivity index is 2.62. The zero-order valence-electron chi connectivity index (χ0n) is 16.6. The Morgan fingerprint density at radius 2 is 1.80 bits per heavy atom. The molecular weight excluding hydrogens is 402 g/mol. The molecule has 0 aromatic heterocycles. The molecule has 0 bridgehead atoms. The quantitative estimate of drug-likeness (QED) is 0.193. The maximum atomic E-state index is 12.5. The molecule has 0 aromatic rings.